The highest BCUT2D eigenvalue weighted by molar-refractivity contribution is 5.95. The van der Waals surface area contributed by atoms with Crippen LogP contribution in [0.15, 0.2) is 42.7 Å². The van der Waals surface area contributed by atoms with Crippen LogP contribution in [0.4, 0.5) is 4.39 Å². The standard InChI is InChI=1S/C25H31FN6O/c1-5-30(6-2)18-12-14-31(16-18)24(33)20-15-28-32(23(20)17(3)4)25-27-13-11-22(29-25)19-9-7-8-10-21(19)26/h7-11,13,15,17-18H,5-6,12,14,16H2,1-4H3/t18-/m1/s1. The summed E-state index contributed by atoms with van der Waals surface area (Å²) in [5.74, 6) is -0.0153. The van der Waals surface area contributed by atoms with E-state index in [0.717, 1.165) is 38.3 Å². The van der Waals surface area contributed by atoms with Crippen LogP contribution in [0, 0.1) is 5.82 Å². The lowest BCUT2D eigenvalue weighted by Crippen LogP contribution is -2.38. The van der Waals surface area contributed by atoms with E-state index in [1.807, 2.05) is 18.7 Å². The maximum absolute atomic E-state index is 14.3. The fraction of sp³-hybridized carbons (Fsp3) is 0.440. The third-order valence-electron chi connectivity index (χ3n) is 6.35. The molecule has 2 aromatic heterocycles. The zero-order valence-electron chi connectivity index (χ0n) is 19.7. The molecule has 0 saturated carbocycles. The second-order valence-electron chi connectivity index (χ2n) is 8.65. The van der Waals surface area contributed by atoms with Crippen LogP contribution in [0.2, 0.25) is 0 Å². The molecule has 0 radical (unpaired) electrons. The summed E-state index contributed by atoms with van der Waals surface area (Å²) in [6.07, 6.45) is 4.18. The van der Waals surface area contributed by atoms with E-state index in [-0.39, 0.29) is 17.6 Å². The molecule has 1 fully saturated rings. The van der Waals surface area contributed by atoms with Gasteiger partial charge in [0.1, 0.15) is 5.82 Å². The number of likely N-dealkylation sites (tertiary alicyclic amines) is 1. The lowest BCUT2D eigenvalue weighted by Gasteiger charge is -2.26. The summed E-state index contributed by atoms with van der Waals surface area (Å²) < 4.78 is 15.9. The highest BCUT2D eigenvalue weighted by Gasteiger charge is 2.32. The monoisotopic (exact) mass is 450 g/mol. The number of carbonyl (C=O) groups is 1. The van der Waals surface area contributed by atoms with Crippen LogP contribution in [0.1, 0.15) is 56.1 Å². The number of halogens is 1. The van der Waals surface area contributed by atoms with Crippen molar-refractivity contribution in [2.45, 2.75) is 46.1 Å². The number of likely N-dealkylation sites (N-methyl/N-ethyl adjacent to an activating group) is 1. The third-order valence-corrected chi connectivity index (χ3v) is 6.35. The Kier molecular flexibility index (Phi) is 6.83. The van der Waals surface area contributed by atoms with Gasteiger partial charge in [-0.25, -0.2) is 19.0 Å². The van der Waals surface area contributed by atoms with Crippen LogP contribution in [0.5, 0.6) is 0 Å². The van der Waals surface area contributed by atoms with Gasteiger partial charge in [-0.15, -0.1) is 0 Å². The minimum atomic E-state index is -0.348. The van der Waals surface area contributed by atoms with Crippen molar-refractivity contribution in [3.63, 3.8) is 0 Å². The van der Waals surface area contributed by atoms with E-state index in [4.69, 9.17) is 0 Å². The maximum Gasteiger partial charge on any atom is 0.257 e. The van der Waals surface area contributed by atoms with E-state index in [1.165, 1.54) is 6.07 Å². The van der Waals surface area contributed by atoms with Crippen molar-refractivity contribution in [3.8, 4) is 17.2 Å². The summed E-state index contributed by atoms with van der Waals surface area (Å²) >= 11 is 0. The molecule has 0 spiro atoms. The SMILES string of the molecule is CCN(CC)[C@@H]1CCN(C(=O)c2cnn(-c3nccc(-c4ccccc4F)n3)c2C(C)C)C1. The number of nitrogens with zero attached hydrogens (tertiary/aromatic N) is 6. The van der Waals surface area contributed by atoms with Gasteiger partial charge in [0.2, 0.25) is 0 Å². The van der Waals surface area contributed by atoms with Crippen molar-refractivity contribution in [2.24, 2.45) is 0 Å². The van der Waals surface area contributed by atoms with Gasteiger partial charge in [-0.2, -0.15) is 5.10 Å². The van der Waals surface area contributed by atoms with Crippen molar-refractivity contribution in [3.05, 3.63) is 59.8 Å². The first-order valence-electron chi connectivity index (χ1n) is 11.6. The van der Waals surface area contributed by atoms with Gasteiger partial charge in [0.25, 0.3) is 11.9 Å². The Balaban J connectivity index is 1.65. The van der Waals surface area contributed by atoms with E-state index < -0.39 is 0 Å². The molecule has 1 aromatic carbocycles. The Morgan fingerprint density at radius 1 is 1.21 bits per heavy atom. The van der Waals surface area contributed by atoms with Gasteiger partial charge < -0.3 is 4.90 Å². The first-order chi connectivity index (χ1) is 15.9. The molecule has 174 valence electrons. The van der Waals surface area contributed by atoms with Crippen LogP contribution in [-0.2, 0) is 0 Å². The summed E-state index contributed by atoms with van der Waals surface area (Å²) in [6, 6.07) is 8.57. The predicted octanol–water partition coefficient (Wildman–Crippen LogP) is 4.15. The highest BCUT2D eigenvalue weighted by Crippen LogP contribution is 2.27. The van der Waals surface area contributed by atoms with E-state index in [2.05, 4.69) is 33.8 Å². The molecule has 8 heteroatoms. The molecule has 0 N–H and O–H groups in total. The molecule has 0 unspecified atom stereocenters. The van der Waals surface area contributed by atoms with Gasteiger partial charge in [-0.3, -0.25) is 9.69 Å². The quantitative estimate of drug-likeness (QED) is 0.541. The number of hydrogen-bond donors (Lipinski definition) is 0. The average Bonchev–Trinajstić information content (AvgIpc) is 3.48. The van der Waals surface area contributed by atoms with Gasteiger partial charge in [0.05, 0.1) is 23.1 Å². The molecule has 0 aliphatic carbocycles. The zero-order chi connectivity index (χ0) is 23.5. The number of benzene rings is 1. The Morgan fingerprint density at radius 3 is 2.67 bits per heavy atom. The summed E-state index contributed by atoms with van der Waals surface area (Å²) in [5, 5.41) is 4.48. The number of hydrogen-bond acceptors (Lipinski definition) is 5. The fourth-order valence-corrected chi connectivity index (χ4v) is 4.64. The molecule has 4 rings (SSSR count). The van der Waals surface area contributed by atoms with Gasteiger partial charge in [0, 0.05) is 30.9 Å². The average molecular weight is 451 g/mol. The van der Waals surface area contributed by atoms with Crippen LogP contribution in [0.3, 0.4) is 0 Å². The molecule has 3 heterocycles. The molecule has 1 aliphatic rings. The second-order valence-corrected chi connectivity index (χ2v) is 8.65. The van der Waals surface area contributed by atoms with E-state index in [1.54, 1.807) is 41.3 Å². The minimum Gasteiger partial charge on any atom is -0.337 e. The summed E-state index contributed by atoms with van der Waals surface area (Å²) in [6.45, 7) is 11.8. The van der Waals surface area contributed by atoms with Crippen molar-refractivity contribution >= 4 is 5.91 Å². The second kappa shape index (κ2) is 9.79. The van der Waals surface area contributed by atoms with Crippen molar-refractivity contribution in [1.29, 1.82) is 0 Å². The first-order valence-corrected chi connectivity index (χ1v) is 11.6. The maximum atomic E-state index is 14.3. The Bertz CT molecular complexity index is 1120. The third kappa shape index (κ3) is 4.53. The highest BCUT2D eigenvalue weighted by atomic mass is 19.1. The van der Waals surface area contributed by atoms with Crippen LogP contribution in [-0.4, -0.2) is 67.7 Å². The predicted molar refractivity (Wildman–Crippen MR) is 126 cm³/mol. The molecule has 0 bridgehead atoms. The molecule has 7 nitrogen and oxygen atoms in total. The molecule has 1 saturated heterocycles. The first kappa shape index (κ1) is 23.0. The lowest BCUT2D eigenvalue weighted by molar-refractivity contribution is 0.0776. The Morgan fingerprint density at radius 2 is 1.97 bits per heavy atom. The van der Waals surface area contributed by atoms with Crippen molar-refractivity contribution in [2.75, 3.05) is 26.2 Å². The molecule has 1 atom stereocenters. The Labute approximate surface area is 194 Å². The smallest absolute Gasteiger partial charge is 0.257 e. The zero-order valence-corrected chi connectivity index (χ0v) is 19.7. The topological polar surface area (TPSA) is 67.2 Å². The van der Waals surface area contributed by atoms with Crippen molar-refractivity contribution in [1.82, 2.24) is 29.5 Å². The summed E-state index contributed by atoms with van der Waals surface area (Å²) in [7, 11) is 0. The molecular formula is C25H31FN6O. The van der Waals surface area contributed by atoms with Gasteiger partial charge in [-0.05, 0) is 43.6 Å². The van der Waals surface area contributed by atoms with E-state index in [9.17, 15) is 9.18 Å². The molecular weight excluding hydrogens is 419 g/mol. The number of aromatic nitrogens is 4. The van der Waals surface area contributed by atoms with Crippen LogP contribution in [0.25, 0.3) is 17.2 Å². The van der Waals surface area contributed by atoms with E-state index in [0.29, 0.717) is 28.8 Å². The largest absolute Gasteiger partial charge is 0.337 e. The van der Waals surface area contributed by atoms with Gasteiger partial charge in [-0.1, -0.05) is 39.8 Å². The van der Waals surface area contributed by atoms with Crippen LogP contribution < -0.4 is 0 Å². The number of rotatable bonds is 7. The molecule has 1 aliphatic heterocycles. The molecule has 3 aromatic rings. The van der Waals surface area contributed by atoms with Crippen LogP contribution >= 0.6 is 0 Å². The summed E-state index contributed by atoms with van der Waals surface area (Å²) in [5.41, 5.74) is 2.20. The minimum absolute atomic E-state index is 0.00938. The summed E-state index contributed by atoms with van der Waals surface area (Å²) in [4.78, 5) is 26.7. The Hall–Kier alpha value is -3.13. The van der Waals surface area contributed by atoms with Gasteiger partial charge in [0.15, 0.2) is 0 Å². The molecule has 1 amide bonds. The van der Waals surface area contributed by atoms with Gasteiger partial charge >= 0.3 is 0 Å². The lowest BCUT2D eigenvalue weighted by atomic mass is 10.1. The van der Waals surface area contributed by atoms with E-state index >= 15 is 0 Å². The van der Waals surface area contributed by atoms with Crippen molar-refractivity contribution < 1.29 is 9.18 Å². The fourth-order valence-electron chi connectivity index (χ4n) is 4.64. The normalized spacial score (nSPS) is 16.2. The molecule has 33 heavy (non-hydrogen) atoms. The number of amides is 1. The number of carbonyl (C=O) groups excluding carboxylic acids is 1.